The van der Waals surface area contributed by atoms with E-state index in [1.165, 1.54) is 12.5 Å². The van der Waals surface area contributed by atoms with Gasteiger partial charge in [0.25, 0.3) is 0 Å². The molecule has 1 aromatic carbocycles. The number of fused-ring (bicyclic) bond motifs is 3. The predicted molar refractivity (Wildman–Crippen MR) is 73.7 cm³/mol. The van der Waals surface area contributed by atoms with Gasteiger partial charge in [-0.05, 0) is 38.5 Å². The van der Waals surface area contributed by atoms with Gasteiger partial charge in [0.2, 0.25) is 0 Å². The van der Waals surface area contributed by atoms with E-state index in [4.69, 9.17) is 4.74 Å². The number of rotatable bonds is 0. The van der Waals surface area contributed by atoms with Crippen LogP contribution in [0.3, 0.4) is 0 Å². The number of phenolic OH excluding ortho intramolecular Hbond substituents is 2. The van der Waals surface area contributed by atoms with Gasteiger partial charge in [-0.3, -0.25) is 0 Å². The van der Waals surface area contributed by atoms with Crippen molar-refractivity contribution in [3.8, 4) is 17.2 Å². The van der Waals surface area contributed by atoms with E-state index in [1.807, 2.05) is 0 Å². The Morgan fingerprint density at radius 2 is 1.95 bits per heavy atom. The molecule has 1 fully saturated rings. The summed E-state index contributed by atoms with van der Waals surface area (Å²) in [7, 11) is 0. The zero-order chi connectivity index (χ0) is 13.8. The van der Waals surface area contributed by atoms with Crippen molar-refractivity contribution in [1.82, 2.24) is 0 Å². The van der Waals surface area contributed by atoms with E-state index in [1.54, 1.807) is 6.07 Å². The lowest BCUT2D eigenvalue weighted by molar-refractivity contribution is -0.0146. The summed E-state index contributed by atoms with van der Waals surface area (Å²) in [5.41, 5.74) is 0.659. The summed E-state index contributed by atoms with van der Waals surface area (Å²) in [6.07, 6.45) is 3.45. The Bertz CT molecular complexity index is 507. The molecule has 0 spiro atoms. The summed E-state index contributed by atoms with van der Waals surface area (Å²) in [6, 6.07) is 3.06. The summed E-state index contributed by atoms with van der Waals surface area (Å²) in [5.74, 6) is 2.34. The smallest absolute Gasteiger partial charge is 0.131 e. The molecule has 3 nitrogen and oxygen atoms in total. The molecule has 0 amide bonds. The summed E-state index contributed by atoms with van der Waals surface area (Å²) in [6.45, 7) is 6.51. The fourth-order valence-electron chi connectivity index (χ4n) is 3.95. The topological polar surface area (TPSA) is 49.7 Å². The highest BCUT2D eigenvalue weighted by Gasteiger charge is 2.47. The molecule has 0 bridgehead atoms. The third-order valence-electron chi connectivity index (χ3n) is 4.85. The Balaban J connectivity index is 2.13. The maximum Gasteiger partial charge on any atom is 0.131 e. The lowest BCUT2D eigenvalue weighted by Gasteiger charge is -2.48. The minimum Gasteiger partial charge on any atom is -0.508 e. The van der Waals surface area contributed by atoms with Gasteiger partial charge in [0.1, 0.15) is 22.8 Å². The van der Waals surface area contributed by atoms with Crippen molar-refractivity contribution in [2.24, 2.45) is 11.8 Å². The second-order valence-electron chi connectivity index (χ2n) is 6.71. The molecule has 1 aromatic rings. The fourth-order valence-corrected chi connectivity index (χ4v) is 3.95. The van der Waals surface area contributed by atoms with Crippen LogP contribution in [-0.4, -0.2) is 15.8 Å². The fraction of sp³-hybridized carbons (Fsp3) is 0.625. The standard InChI is InChI=1S/C16H22O3/c1-9-4-5-12-11(6-9)15-13(18)7-10(17)8-14(15)19-16(12,2)3/h7-9,11-12,17-18H,4-6H2,1-3H3/t9-,11?,12-/m1/s1. The molecule has 2 N–H and O–H groups in total. The van der Waals surface area contributed by atoms with Gasteiger partial charge in [-0.1, -0.05) is 13.3 Å². The van der Waals surface area contributed by atoms with Gasteiger partial charge < -0.3 is 14.9 Å². The van der Waals surface area contributed by atoms with Gasteiger partial charge in [-0.15, -0.1) is 0 Å². The Labute approximate surface area is 114 Å². The van der Waals surface area contributed by atoms with Crippen LogP contribution in [0.5, 0.6) is 17.2 Å². The second-order valence-corrected chi connectivity index (χ2v) is 6.71. The highest BCUT2D eigenvalue weighted by Crippen LogP contribution is 2.55. The van der Waals surface area contributed by atoms with E-state index < -0.39 is 0 Å². The van der Waals surface area contributed by atoms with Crippen molar-refractivity contribution >= 4 is 0 Å². The molecule has 3 heteroatoms. The van der Waals surface area contributed by atoms with Crippen molar-refractivity contribution in [3.05, 3.63) is 17.7 Å². The van der Waals surface area contributed by atoms with Gasteiger partial charge >= 0.3 is 0 Å². The normalized spacial score (nSPS) is 32.1. The average molecular weight is 262 g/mol. The predicted octanol–water partition coefficient (Wildman–Crippen LogP) is 3.79. The zero-order valence-corrected chi connectivity index (χ0v) is 11.8. The summed E-state index contributed by atoms with van der Waals surface area (Å²) in [4.78, 5) is 0. The molecule has 1 saturated carbocycles. The Morgan fingerprint density at radius 1 is 1.21 bits per heavy atom. The maximum absolute atomic E-state index is 10.2. The van der Waals surface area contributed by atoms with Gasteiger partial charge in [0.05, 0.1) is 0 Å². The molecule has 3 rings (SSSR count). The van der Waals surface area contributed by atoms with E-state index in [9.17, 15) is 10.2 Å². The van der Waals surface area contributed by atoms with Gasteiger partial charge in [0, 0.05) is 23.6 Å². The minimum atomic E-state index is -0.238. The van der Waals surface area contributed by atoms with Crippen molar-refractivity contribution in [1.29, 1.82) is 0 Å². The average Bonchev–Trinajstić information content (AvgIpc) is 2.25. The van der Waals surface area contributed by atoms with Gasteiger partial charge in [0.15, 0.2) is 0 Å². The van der Waals surface area contributed by atoms with Crippen molar-refractivity contribution in [3.63, 3.8) is 0 Å². The number of phenols is 2. The highest BCUT2D eigenvalue weighted by atomic mass is 16.5. The molecule has 1 unspecified atom stereocenters. The third-order valence-corrected chi connectivity index (χ3v) is 4.85. The van der Waals surface area contributed by atoms with E-state index in [-0.39, 0.29) is 17.1 Å². The van der Waals surface area contributed by atoms with E-state index in [0.717, 1.165) is 18.4 Å². The summed E-state index contributed by atoms with van der Waals surface area (Å²) >= 11 is 0. The van der Waals surface area contributed by atoms with E-state index in [0.29, 0.717) is 23.5 Å². The van der Waals surface area contributed by atoms with Crippen LogP contribution in [0, 0.1) is 11.8 Å². The van der Waals surface area contributed by atoms with Crippen LogP contribution in [0.25, 0.3) is 0 Å². The Hall–Kier alpha value is -1.38. The van der Waals surface area contributed by atoms with E-state index >= 15 is 0 Å². The number of benzene rings is 1. The minimum absolute atomic E-state index is 0.0642. The zero-order valence-electron chi connectivity index (χ0n) is 11.8. The number of ether oxygens (including phenoxy) is 1. The number of hydrogen-bond acceptors (Lipinski definition) is 3. The van der Waals surface area contributed by atoms with Crippen LogP contribution >= 0.6 is 0 Å². The highest BCUT2D eigenvalue weighted by molar-refractivity contribution is 5.53. The SMILES string of the molecule is C[C@@H]1CC[C@@H]2C(C1)c1c(O)cc(O)cc1OC2(C)C. The van der Waals surface area contributed by atoms with Crippen molar-refractivity contribution in [2.45, 2.75) is 51.6 Å². The van der Waals surface area contributed by atoms with E-state index in [2.05, 4.69) is 20.8 Å². The molecule has 1 aliphatic heterocycles. The molecule has 0 saturated heterocycles. The molecular weight excluding hydrogens is 240 g/mol. The molecule has 0 radical (unpaired) electrons. The quantitative estimate of drug-likeness (QED) is 0.748. The summed E-state index contributed by atoms with van der Waals surface area (Å²) < 4.78 is 6.07. The van der Waals surface area contributed by atoms with Crippen LogP contribution in [0.4, 0.5) is 0 Å². The molecule has 1 heterocycles. The largest absolute Gasteiger partial charge is 0.508 e. The second kappa shape index (κ2) is 4.06. The molecule has 0 aromatic heterocycles. The molecule has 3 atom stereocenters. The number of hydrogen-bond donors (Lipinski definition) is 2. The van der Waals surface area contributed by atoms with Crippen LogP contribution in [-0.2, 0) is 0 Å². The molecule has 2 aliphatic rings. The first-order valence-electron chi connectivity index (χ1n) is 7.13. The van der Waals surface area contributed by atoms with Crippen molar-refractivity contribution < 1.29 is 14.9 Å². The summed E-state index contributed by atoms with van der Waals surface area (Å²) in [5, 5.41) is 19.8. The van der Waals surface area contributed by atoms with Crippen LogP contribution < -0.4 is 4.74 Å². The number of aromatic hydroxyl groups is 2. The van der Waals surface area contributed by atoms with Crippen LogP contribution in [0.1, 0.15) is 51.5 Å². The lowest BCUT2D eigenvalue weighted by atomic mass is 9.64. The first-order chi connectivity index (χ1) is 8.88. The first-order valence-corrected chi connectivity index (χ1v) is 7.13. The van der Waals surface area contributed by atoms with Crippen LogP contribution in [0.15, 0.2) is 12.1 Å². The lowest BCUT2D eigenvalue weighted by Crippen LogP contribution is -2.46. The van der Waals surface area contributed by atoms with Gasteiger partial charge in [-0.2, -0.15) is 0 Å². The van der Waals surface area contributed by atoms with Crippen LogP contribution in [0.2, 0.25) is 0 Å². The van der Waals surface area contributed by atoms with Crippen molar-refractivity contribution in [2.75, 3.05) is 0 Å². The molecule has 104 valence electrons. The van der Waals surface area contributed by atoms with Gasteiger partial charge in [-0.25, -0.2) is 0 Å². The molecule has 1 aliphatic carbocycles. The third kappa shape index (κ3) is 1.96. The molecule has 19 heavy (non-hydrogen) atoms. The maximum atomic E-state index is 10.2. The Kier molecular flexibility index (Phi) is 2.70. The first kappa shape index (κ1) is 12.6. The molecular formula is C16H22O3. The monoisotopic (exact) mass is 262 g/mol. The Morgan fingerprint density at radius 3 is 2.68 bits per heavy atom.